The third-order valence-corrected chi connectivity index (χ3v) is 4.37. The molecule has 3 rings (SSSR count). The first-order chi connectivity index (χ1) is 9.27. The molecule has 19 heavy (non-hydrogen) atoms. The Hall–Kier alpha value is -1.42. The summed E-state index contributed by atoms with van der Waals surface area (Å²) in [5.41, 5.74) is 6.75. The molecule has 3 N–H and O–H groups in total. The molecule has 104 valence electrons. The van der Waals surface area contributed by atoms with E-state index in [4.69, 9.17) is 15.2 Å². The van der Waals surface area contributed by atoms with Crippen LogP contribution in [0.3, 0.4) is 0 Å². The second-order valence-electron chi connectivity index (χ2n) is 5.53. The molecule has 0 bridgehead atoms. The second-order valence-corrected chi connectivity index (χ2v) is 5.53. The first kappa shape index (κ1) is 12.6. The molecule has 0 aromatic heterocycles. The average molecular weight is 263 g/mol. The number of hydrogen-bond acceptors (Lipinski definition) is 4. The highest BCUT2D eigenvalue weighted by Gasteiger charge is 2.40. The Balaban J connectivity index is 2.13. The van der Waals surface area contributed by atoms with Crippen molar-refractivity contribution in [2.75, 3.05) is 19.8 Å². The highest BCUT2D eigenvalue weighted by molar-refractivity contribution is 5.57. The van der Waals surface area contributed by atoms with E-state index >= 15 is 0 Å². The minimum atomic E-state index is -0.150. The summed E-state index contributed by atoms with van der Waals surface area (Å²) in [7, 11) is 0. The first-order valence-electron chi connectivity index (χ1n) is 7.09. The smallest absolute Gasteiger partial charge is 0.168 e. The van der Waals surface area contributed by atoms with Gasteiger partial charge in [0.15, 0.2) is 11.5 Å². The predicted octanol–water partition coefficient (Wildman–Crippen LogP) is 2.32. The summed E-state index contributed by atoms with van der Waals surface area (Å²) in [6.07, 6.45) is 5.20. The first-order valence-corrected chi connectivity index (χ1v) is 7.09. The van der Waals surface area contributed by atoms with E-state index in [0.717, 1.165) is 43.4 Å². The zero-order chi connectivity index (χ0) is 13.3. The third-order valence-electron chi connectivity index (χ3n) is 4.37. The SMILES string of the molecule is NCC1(c2c(O)ccc3c2OCCCO3)CCCC1. The number of hydrogen-bond donors (Lipinski definition) is 2. The van der Waals surface area contributed by atoms with Gasteiger partial charge in [0.25, 0.3) is 0 Å². The van der Waals surface area contributed by atoms with Gasteiger partial charge in [-0.25, -0.2) is 0 Å². The lowest BCUT2D eigenvalue weighted by Crippen LogP contribution is -2.32. The summed E-state index contributed by atoms with van der Waals surface area (Å²) in [4.78, 5) is 0. The molecule has 4 heteroatoms. The molecule has 0 saturated heterocycles. The Morgan fingerprint density at radius 2 is 1.84 bits per heavy atom. The van der Waals surface area contributed by atoms with Crippen molar-refractivity contribution in [3.8, 4) is 17.2 Å². The van der Waals surface area contributed by atoms with Gasteiger partial charge in [-0.3, -0.25) is 0 Å². The van der Waals surface area contributed by atoms with Gasteiger partial charge in [-0.1, -0.05) is 12.8 Å². The van der Waals surface area contributed by atoms with Crippen molar-refractivity contribution in [3.63, 3.8) is 0 Å². The number of ether oxygens (including phenoxy) is 2. The monoisotopic (exact) mass is 263 g/mol. The molecule has 1 aliphatic carbocycles. The highest BCUT2D eigenvalue weighted by atomic mass is 16.5. The fourth-order valence-corrected chi connectivity index (χ4v) is 3.35. The summed E-state index contributed by atoms with van der Waals surface area (Å²) in [6, 6.07) is 3.50. The van der Waals surface area contributed by atoms with Crippen LogP contribution in [0.1, 0.15) is 37.7 Å². The zero-order valence-corrected chi connectivity index (χ0v) is 11.2. The standard InChI is InChI=1S/C15H21NO3/c16-10-15(6-1-2-7-15)13-11(17)4-5-12-14(13)19-9-3-8-18-12/h4-5,17H,1-3,6-10,16H2. The Morgan fingerprint density at radius 3 is 2.58 bits per heavy atom. The van der Waals surface area contributed by atoms with E-state index in [1.807, 2.05) is 0 Å². The highest BCUT2D eigenvalue weighted by Crippen LogP contribution is 2.51. The van der Waals surface area contributed by atoms with Crippen LogP contribution < -0.4 is 15.2 Å². The van der Waals surface area contributed by atoms with Crippen molar-refractivity contribution < 1.29 is 14.6 Å². The lowest BCUT2D eigenvalue weighted by atomic mass is 9.77. The van der Waals surface area contributed by atoms with Gasteiger partial charge in [0.1, 0.15) is 5.75 Å². The molecule has 0 amide bonds. The van der Waals surface area contributed by atoms with Gasteiger partial charge in [0, 0.05) is 23.9 Å². The van der Waals surface area contributed by atoms with Gasteiger partial charge in [0.05, 0.1) is 13.2 Å². The zero-order valence-electron chi connectivity index (χ0n) is 11.2. The molecule has 1 saturated carbocycles. The number of benzene rings is 1. The van der Waals surface area contributed by atoms with Gasteiger partial charge >= 0.3 is 0 Å². The van der Waals surface area contributed by atoms with Gasteiger partial charge in [-0.15, -0.1) is 0 Å². The number of aromatic hydroxyl groups is 1. The number of phenolic OH excluding ortho intramolecular Hbond substituents is 1. The molecule has 1 aromatic rings. The van der Waals surface area contributed by atoms with E-state index in [0.29, 0.717) is 25.5 Å². The Kier molecular flexibility index (Phi) is 3.27. The Morgan fingerprint density at radius 1 is 1.11 bits per heavy atom. The second kappa shape index (κ2) is 4.93. The molecular formula is C15H21NO3. The topological polar surface area (TPSA) is 64.7 Å². The minimum Gasteiger partial charge on any atom is -0.508 e. The van der Waals surface area contributed by atoms with E-state index in [2.05, 4.69) is 0 Å². The Bertz CT molecular complexity index is 467. The number of nitrogens with two attached hydrogens (primary N) is 1. The molecular weight excluding hydrogens is 242 g/mol. The average Bonchev–Trinajstić information content (AvgIpc) is 2.78. The van der Waals surface area contributed by atoms with Crippen molar-refractivity contribution in [1.29, 1.82) is 0 Å². The van der Waals surface area contributed by atoms with Crippen LogP contribution in [0.2, 0.25) is 0 Å². The molecule has 4 nitrogen and oxygen atoms in total. The van der Waals surface area contributed by atoms with Crippen molar-refractivity contribution >= 4 is 0 Å². The lowest BCUT2D eigenvalue weighted by Gasteiger charge is -2.30. The Labute approximate surface area is 113 Å². The van der Waals surface area contributed by atoms with Crippen LogP contribution in [0.4, 0.5) is 0 Å². The van der Waals surface area contributed by atoms with Gasteiger partial charge in [-0.2, -0.15) is 0 Å². The van der Waals surface area contributed by atoms with Crippen LogP contribution in [0.5, 0.6) is 17.2 Å². The third kappa shape index (κ3) is 2.04. The quantitative estimate of drug-likeness (QED) is 0.859. The molecule has 1 aliphatic heterocycles. The van der Waals surface area contributed by atoms with E-state index in [9.17, 15) is 5.11 Å². The fourth-order valence-electron chi connectivity index (χ4n) is 3.35. The normalized spacial score (nSPS) is 21.1. The summed E-state index contributed by atoms with van der Waals surface area (Å²) in [6.45, 7) is 1.83. The molecule has 0 atom stereocenters. The maximum absolute atomic E-state index is 10.3. The molecule has 1 heterocycles. The van der Waals surface area contributed by atoms with Crippen molar-refractivity contribution in [2.24, 2.45) is 5.73 Å². The van der Waals surface area contributed by atoms with Crippen molar-refractivity contribution in [1.82, 2.24) is 0 Å². The molecule has 0 radical (unpaired) electrons. The van der Waals surface area contributed by atoms with E-state index < -0.39 is 0 Å². The van der Waals surface area contributed by atoms with Crippen LogP contribution in [0, 0.1) is 0 Å². The van der Waals surface area contributed by atoms with E-state index in [-0.39, 0.29) is 11.2 Å². The molecule has 1 aromatic carbocycles. The summed E-state index contributed by atoms with van der Waals surface area (Å²) >= 11 is 0. The van der Waals surface area contributed by atoms with Gasteiger partial charge in [0.2, 0.25) is 0 Å². The predicted molar refractivity (Wildman–Crippen MR) is 72.9 cm³/mol. The number of fused-ring (bicyclic) bond motifs is 1. The number of rotatable bonds is 2. The van der Waals surface area contributed by atoms with Crippen LogP contribution in [-0.2, 0) is 5.41 Å². The van der Waals surface area contributed by atoms with Crippen molar-refractivity contribution in [3.05, 3.63) is 17.7 Å². The van der Waals surface area contributed by atoms with E-state index in [1.165, 1.54) is 0 Å². The van der Waals surface area contributed by atoms with Crippen LogP contribution in [0.25, 0.3) is 0 Å². The number of phenols is 1. The van der Waals surface area contributed by atoms with Crippen molar-refractivity contribution in [2.45, 2.75) is 37.5 Å². The fraction of sp³-hybridized carbons (Fsp3) is 0.600. The molecule has 0 unspecified atom stereocenters. The summed E-state index contributed by atoms with van der Waals surface area (Å²) in [5.74, 6) is 1.74. The van der Waals surface area contributed by atoms with Crippen LogP contribution in [-0.4, -0.2) is 24.9 Å². The lowest BCUT2D eigenvalue weighted by molar-refractivity contribution is 0.291. The van der Waals surface area contributed by atoms with Gasteiger partial charge in [-0.05, 0) is 25.0 Å². The van der Waals surface area contributed by atoms with Crippen LogP contribution in [0.15, 0.2) is 12.1 Å². The molecule has 1 fully saturated rings. The van der Waals surface area contributed by atoms with Crippen LogP contribution >= 0.6 is 0 Å². The summed E-state index contributed by atoms with van der Waals surface area (Å²) < 4.78 is 11.6. The molecule has 2 aliphatic rings. The minimum absolute atomic E-state index is 0.150. The molecule has 0 spiro atoms. The largest absolute Gasteiger partial charge is 0.508 e. The van der Waals surface area contributed by atoms with E-state index in [1.54, 1.807) is 12.1 Å². The maximum Gasteiger partial charge on any atom is 0.168 e. The maximum atomic E-state index is 10.3. The summed E-state index contributed by atoms with van der Waals surface area (Å²) in [5, 5.41) is 10.3. The van der Waals surface area contributed by atoms with Gasteiger partial charge < -0.3 is 20.3 Å².